The van der Waals surface area contributed by atoms with E-state index in [1.54, 1.807) is 6.20 Å². The molecule has 1 aliphatic rings. The van der Waals surface area contributed by atoms with Crippen molar-refractivity contribution in [3.05, 3.63) is 59.4 Å². The third-order valence-electron chi connectivity index (χ3n) is 4.96. The van der Waals surface area contributed by atoms with Crippen molar-refractivity contribution in [3.8, 4) is 0 Å². The molecule has 7 heteroatoms. The number of aromatic nitrogens is 2. The fraction of sp³-hybridized carbons (Fsp3) is 0.400. The largest absolute Gasteiger partial charge is 0.465 e. The van der Waals surface area contributed by atoms with E-state index in [9.17, 15) is 4.79 Å². The van der Waals surface area contributed by atoms with E-state index in [0.717, 1.165) is 36.0 Å². The molecule has 1 saturated heterocycles. The fourth-order valence-corrected chi connectivity index (χ4v) is 3.47. The second kappa shape index (κ2) is 7.54. The smallest absolute Gasteiger partial charge is 0.271 e. The average Bonchev–Trinajstić information content (AvgIpc) is 3.30. The van der Waals surface area contributed by atoms with Crippen LogP contribution in [0.3, 0.4) is 0 Å². The number of fused-ring (bicyclic) bond motifs is 1. The van der Waals surface area contributed by atoms with Crippen molar-refractivity contribution in [2.45, 2.75) is 19.9 Å². The summed E-state index contributed by atoms with van der Waals surface area (Å²) in [4.78, 5) is 19.4. The van der Waals surface area contributed by atoms with Crippen LogP contribution >= 0.6 is 0 Å². The number of hydrogen-bond acceptors (Lipinski definition) is 5. The lowest BCUT2D eigenvalue weighted by Crippen LogP contribution is -2.43. The van der Waals surface area contributed by atoms with Crippen molar-refractivity contribution in [1.29, 1.82) is 0 Å². The lowest BCUT2D eigenvalue weighted by molar-refractivity contribution is 0.0117. The van der Waals surface area contributed by atoms with Gasteiger partial charge in [-0.25, -0.2) is 4.98 Å². The zero-order valence-electron chi connectivity index (χ0n) is 15.6. The Morgan fingerprint density at radius 3 is 2.74 bits per heavy atom. The number of nitrogens with zero attached hydrogens (tertiary/aromatic N) is 3. The van der Waals surface area contributed by atoms with E-state index in [0.29, 0.717) is 25.5 Å². The Hall–Kier alpha value is -2.64. The molecule has 1 fully saturated rings. The number of ether oxygens (including phenoxy) is 1. The highest BCUT2D eigenvalue weighted by molar-refractivity contribution is 5.92. The molecule has 7 nitrogen and oxygen atoms in total. The minimum Gasteiger partial charge on any atom is -0.465 e. The van der Waals surface area contributed by atoms with Crippen LogP contribution in [0.1, 0.15) is 33.7 Å². The number of carbonyl (C=O) groups excluding carboxylic acids is 1. The number of carbonyl (C=O) groups is 1. The zero-order valence-corrected chi connectivity index (χ0v) is 15.6. The molecule has 3 aromatic rings. The summed E-state index contributed by atoms with van der Waals surface area (Å²) in [6.45, 7) is 7.38. The third kappa shape index (κ3) is 3.74. The Morgan fingerprint density at radius 1 is 1.22 bits per heavy atom. The Labute approximate surface area is 157 Å². The Bertz CT molecular complexity index is 940. The van der Waals surface area contributed by atoms with Gasteiger partial charge >= 0.3 is 0 Å². The fourth-order valence-electron chi connectivity index (χ4n) is 3.47. The summed E-state index contributed by atoms with van der Waals surface area (Å²) in [5.41, 5.74) is 2.23. The number of rotatable bonds is 5. The van der Waals surface area contributed by atoms with Crippen molar-refractivity contribution < 1.29 is 13.9 Å². The maximum Gasteiger partial charge on any atom is 0.271 e. The van der Waals surface area contributed by atoms with E-state index in [1.807, 2.05) is 48.6 Å². The van der Waals surface area contributed by atoms with Crippen LogP contribution < -0.4 is 5.32 Å². The van der Waals surface area contributed by atoms with Gasteiger partial charge < -0.3 is 18.9 Å². The van der Waals surface area contributed by atoms with Gasteiger partial charge in [-0.05, 0) is 38.1 Å². The second-order valence-electron chi connectivity index (χ2n) is 6.84. The summed E-state index contributed by atoms with van der Waals surface area (Å²) in [5, 5.41) is 3.03. The Balaban J connectivity index is 1.50. The normalized spacial score (nSPS) is 16.5. The summed E-state index contributed by atoms with van der Waals surface area (Å²) in [5.74, 6) is 1.55. The van der Waals surface area contributed by atoms with Gasteiger partial charge in [-0.3, -0.25) is 9.69 Å². The summed E-state index contributed by atoms with van der Waals surface area (Å²) in [6.07, 6.45) is 1.78. The number of nitrogens with one attached hydrogen (secondary N) is 1. The van der Waals surface area contributed by atoms with Gasteiger partial charge in [0.05, 0.1) is 19.3 Å². The molecular weight excluding hydrogens is 344 g/mol. The third-order valence-corrected chi connectivity index (χ3v) is 4.96. The molecule has 0 aliphatic carbocycles. The number of imidazole rings is 1. The van der Waals surface area contributed by atoms with Gasteiger partial charge in [-0.15, -0.1) is 0 Å². The Morgan fingerprint density at radius 2 is 2.04 bits per heavy atom. The van der Waals surface area contributed by atoms with Crippen LogP contribution in [-0.4, -0.2) is 53.0 Å². The molecule has 1 aliphatic heterocycles. The first kappa shape index (κ1) is 17.8. The van der Waals surface area contributed by atoms with E-state index in [4.69, 9.17) is 9.15 Å². The van der Waals surface area contributed by atoms with Crippen LogP contribution in [0.15, 0.2) is 40.9 Å². The van der Waals surface area contributed by atoms with Gasteiger partial charge in [0, 0.05) is 31.5 Å². The molecule has 142 valence electrons. The number of pyridine rings is 1. The first-order valence-electron chi connectivity index (χ1n) is 9.23. The number of amides is 1. The monoisotopic (exact) mass is 368 g/mol. The Kier molecular flexibility index (Phi) is 4.96. The van der Waals surface area contributed by atoms with E-state index in [-0.39, 0.29) is 11.9 Å². The van der Waals surface area contributed by atoms with Crippen LogP contribution in [0.2, 0.25) is 0 Å². The van der Waals surface area contributed by atoms with Crippen molar-refractivity contribution in [3.63, 3.8) is 0 Å². The van der Waals surface area contributed by atoms with Crippen LogP contribution in [0.5, 0.6) is 0 Å². The van der Waals surface area contributed by atoms with Crippen LogP contribution in [0, 0.1) is 13.8 Å². The molecular formula is C20H24N4O3. The SMILES string of the molecule is Cc1ccc(C(CNC(=O)c2cn3c(C)cccc3n2)N2CCOCC2)o1. The maximum atomic E-state index is 12.7. The van der Waals surface area contributed by atoms with Crippen molar-refractivity contribution in [2.75, 3.05) is 32.8 Å². The van der Waals surface area contributed by atoms with Crippen LogP contribution in [0.25, 0.3) is 5.65 Å². The minimum absolute atomic E-state index is 0.0229. The molecule has 1 N–H and O–H groups in total. The standard InChI is InChI=1S/C20H24N4O3/c1-14-4-3-5-19-22-16(13-24(14)19)20(25)21-12-17(18-7-6-15(2)27-18)23-8-10-26-11-9-23/h3-7,13,17H,8-12H2,1-2H3,(H,21,25). The van der Waals surface area contributed by atoms with E-state index >= 15 is 0 Å². The van der Waals surface area contributed by atoms with Crippen molar-refractivity contribution in [1.82, 2.24) is 19.6 Å². The lowest BCUT2D eigenvalue weighted by atomic mass is 10.1. The van der Waals surface area contributed by atoms with Gasteiger partial charge in [0.25, 0.3) is 5.91 Å². The molecule has 0 saturated carbocycles. The maximum absolute atomic E-state index is 12.7. The molecule has 4 rings (SSSR count). The highest BCUT2D eigenvalue weighted by Gasteiger charge is 2.26. The molecule has 27 heavy (non-hydrogen) atoms. The van der Waals surface area contributed by atoms with Gasteiger partial charge in [0.1, 0.15) is 22.9 Å². The molecule has 1 unspecified atom stereocenters. The van der Waals surface area contributed by atoms with Crippen molar-refractivity contribution >= 4 is 11.6 Å². The number of hydrogen-bond donors (Lipinski definition) is 1. The number of morpholine rings is 1. The van der Waals surface area contributed by atoms with Crippen LogP contribution in [0.4, 0.5) is 0 Å². The van der Waals surface area contributed by atoms with E-state index in [2.05, 4.69) is 15.2 Å². The molecule has 0 radical (unpaired) electrons. The molecule has 0 bridgehead atoms. The van der Waals surface area contributed by atoms with Gasteiger partial charge in [-0.2, -0.15) is 0 Å². The molecule has 1 amide bonds. The highest BCUT2D eigenvalue weighted by Crippen LogP contribution is 2.23. The summed E-state index contributed by atoms with van der Waals surface area (Å²) in [6, 6.07) is 9.74. The molecule has 4 heterocycles. The lowest BCUT2D eigenvalue weighted by Gasteiger charge is -2.33. The summed E-state index contributed by atoms with van der Waals surface area (Å²) >= 11 is 0. The molecule has 3 aromatic heterocycles. The summed E-state index contributed by atoms with van der Waals surface area (Å²) < 4.78 is 13.2. The predicted molar refractivity (Wildman–Crippen MR) is 101 cm³/mol. The quantitative estimate of drug-likeness (QED) is 0.748. The molecule has 0 spiro atoms. The number of furan rings is 1. The second-order valence-corrected chi connectivity index (χ2v) is 6.84. The predicted octanol–water partition coefficient (Wildman–Crippen LogP) is 2.35. The zero-order chi connectivity index (χ0) is 18.8. The topological polar surface area (TPSA) is 72.0 Å². The first-order chi connectivity index (χ1) is 13.1. The van der Waals surface area contributed by atoms with E-state index < -0.39 is 0 Å². The molecule has 1 atom stereocenters. The van der Waals surface area contributed by atoms with Crippen molar-refractivity contribution in [2.24, 2.45) is 0 Å². The number of aryl methyl sites for hydroxylation is 2. The van der Waals surface area contributed by atoms with Gasteiger partial charge in [0.2, 0.25) is 0 Å². The average molecular weight is 368 g/mol. The summed E-state index contributed by atoms with van der Waals surface area (Å²) in [7, 11) is 0. The van der Waals surface area contributed by atoms with Crippen LogP contribution in [-0.2, 0) is 4.74 Å². The van der Waals surface area contributed by atoms with Gasteiger partial charge in [-0.1, -0.05) is 6.07 Å². The molecule has 0 aromatic carbocycles. The minimum atomic E-state index is -0.181. The van der Waals surface area contributed by atoms with E-state index in [1.165, 1.54) is 0 Å². The highest BCUT2D eigenvalue weighted by atomic mass is 16.5. The first-order valence-corrected chi connectivity index (χ1v) is 9.23. The van der Waals surface area contributed by atoms with Gasteiger partial charge in [0.15, 0.2) is 0 Å².